The van der Waals surface area contributed by atoms with Gasteiger partial charge in [0.1, 0.15) is 17.3 Å². The van der Waals surface area contributed by atoms with Crippen molar-refractivity contribution in [1.29, 1.82) is 0 Å². The maximum Gasteiger partial charge on any atom is 0.295 e. The van der Waals surface area contributed by atoms with Crippen LogP contribution in [0.3, 0.4) is 0 Å². The molecule has 3 rings (SSSR count). The van der Waals surface area contributed by atoms with E-state index in [4.69, 9.17) is 4.74 Å². The lowest BCUT2D eigenvalue weighted by atomic mass is 9.94. The molecule has 2 aromatic carbocycles. The van der Waals surface area contributed by atoms with E-state index < -0.39 is 17.7 Å². The Morgan fingerprint density at radius 2 is 1.90 bits per heavy atom. The maximum absolute atomic E-state index is 13.0. The number of ketones is 1. The molecule has 0 saturated carbocycles. The minimum atomic E-state index is -0.817. The van der Waals surface area contributed by atoms with Gasteiger partial charge in [0.25, 0.3) is 11.7 Å². The van der Waals surface area contributed by atoms with E-state index in [1.165, 1.54) is 24.1 Å². The number of methoxy groups -OCH3 is 1. The van der Waals surface area contributed by atoms with Gasteiger partial charge in [-0.2, -0.15) is 0 Å². The number of benzene rings is 2. The molecule has 1 aliphatic rings. The minimum absolute atomic E-state index is 0.0128. The quantitative estimate of drug-likeness (QED) is 0.432. The van der Waals surface area contributed by atoms with Crippen molar-refractivity contribution < 1.29 is 24.5 Å². The molecule has 0 radical (unpaired) electrons. The third kappa shape index (κ3) is 4.02. The monoisotopic (exact) mass is 410 g/mol. The molecule has 1 unspecified atom stereocenters. The van der Waals surface area contributed by atoms with Gasteiger partial charge in [-0.05, 0) is 50.8 Å². The fourth-order valence-corrected chi connectivity index (χ4v) is 3.61. The van der Waals surface area contributed by atoms with E-state index in [1.807, 2.05) is 32.0 Å². The van der Waals surface area contributed by atoms with Gasteiger partial charge in [0.05, 0.1) is 24.3 Å². The molecule has 7 heteroatoms. The Kier molecular flexibility index (Phi) is 6.12. The predicted molar refractivity (Wildman–Crippen MR) is 113 cm³/mol. The summed E-state index contributed by atoms with van der Waals surface area (Å²) in [5.41, 5.74) is 1.73. The number of phenols is 1. The highest BCUT2D eigenvalue weighted by Gasteiger charge is 2.46. The molecule has 0 aliphatic carbocycles. The lowest BCUT2D eigenvalue weighted by molar-refractivity contribution is -0.140. The summed E-state index contributed by atoms with van der Waals surface area (Å²) in [7, 11) is 5.22. The van der Waals surface area contributed by atoms with E-state index in [0.29, 0.717) is 30.0 Å². The van der Waals surface area contributed by atoms with Crippen LogP contribution in [-0.4, -0.2) is 66.0 Å². The Morgan fingerprint density at radius 1 is 1.17 bits per heavy atom. The zero-order valence-electron chi connectivity index (χ0n) is 17.5. The lowest BCUT2D eigenvalue weighted by Crippen LogP contribution is -2.35. The van der Waals surface area contributed by atoms with E-state index in [0.717, 1.165) is 5.56 Å². The second-order valence-electron chi connectivity index (χ2n) is 7.59. The highest BCUT2D eigenvalue weighted by Crippen LogP contribution is 2.41. The van der Waals surface area contributed by atoms with Gasteiger partial charge < -0.3 is 24.7 Å². The molecule has 2 aromatic rings. The molecule has 1 amide bonds. The fourth-order valence-electron chi connectivity index (χ4n) is 3.61. The summed E-state index contributed by atoms with van der Waals surface area (Å²) >= 11 is 0. The number of amides is 1. The molecule has 0 aromatic heterocycles. The van der Waals surface area contributed by atoms with Crippen LogP contribution in [0.5, 0.6) is 11.5 Å². The number of hydrogen-bond acceptors (Lipinski definition) is 6. The fraction of sp³-hybridized carbons (Fsp3) is 0.304. The number of Topliss-reactive ketones (excluding diaryl/α,β-unsaturated/α-hetero) is 1. The molecule has 1 fully saturated rings. The van der Waals surface area contributed by atoms with Gasteiger partial charge in [-0.1, -0.05) is 23.8 Å². The van der Waals surface area contributed by atoms with Crippen molar-refractivity contribution in [2.24, 2.45) is 0 Å². The molecule has 7 nitrogen and oxygen atoms in total. The number of aromatic hydroxyl groups is 1. The second-order valence-corrected chi connectivity index (χ2v) is 7.59. The highest BCUT2D eigenvalue weighted by atomic mass is 16.5. The van der Waals surface area contributed by atoms with E-state index in [2.05, 4.69) is 0 Å². The third-order valence-corrected chi connectivity index (χ3v) is 5.12. The van der Waals surface area contributed by atoms with Crippen molar-refractivity contribution >= 4 is 17.4 Å². The summed E-state index contributed by atoms with van der Waals surface area (Å²) in [6.45, 7) is 2.69. The largest absolute Gasteiger partial charge is 0.508 e. The average Bonchev–Trinajstić information content (AvgIpc) is 2.96. The number of phenolic OH excluding ortho intramolecular Hbond substituents is 1. The summed E-state index contributed by atoms with van der Waals surface area (Å²) in [5.74, 6) is -1.33. The van der Waals surface area contributed by atoms with Crippen molar-refractivity contribution in [3.63, 3.8) is 0 Å². The van der Waals surface area contributed by atoms with E-state index in [-0.39, 0.29) is 17.1 Å². The van der Waals surface area contributed by atoms with Crippen LogP contribution in [0.4, 0.5) is 0 Å². The molecule has 0 bridgehead atoms. The Morgan fingerprint density at radius 3 is 2.53 bits per heavy atom. The maximum atomic E-state index is 13.0. The van der Waals surface area contributed by atoms with E-state index >= 15 is 0 Å². The van der Waals surface area contributed by atoms with Gasteiger partial charge >= 0.3 is 0 Å². The van der Waals surface area contributed by atoms with Crippen molar-refractivity contribution in [2.45, 2.75) is 13.0 Å². The number of carbonyl (C=O) groups excluding carboxylic acids is 2. The molecular formula is C23H26N2O5. The number of rotatable bonds is 6. The van der Waals surface area contributed by atoms with E-state index in [1.54, 1.807) is 24.3 Å². The molecule has 1 atom stereocenters. The highest BCUT2D eigenvalue weighted by molar-refractivity contribution is 6.46. The standard InChI is InChI=1S/C23H26N2O5/c1-14-8-9-18(30-4)17(12-14)21(27)19-20(15-6-5-7-16(26)13-15)25(11-10-24(2)3)23(29)22(19)28/h5-9,12-13,20,26-27H,10-11H2,1-4H3/b21-19+. The van der Waals surface area contributed by atoms with Crippen LogP contribution in [-0.2, 0) is 9.59 Å². The van der Waals surface area contributed by atoms with Crippen LogP contribution in [0.1, 0.15) is 22.7 Å². The molecule has 1 saturated heterocycles. The molecule has 1 heterocycles. The molecule has 2 N–H and O–H groups in total. The number of aryl methyl sites for hydroxylation is 1. The van der Waals surface area contributed by atoms with Crippen LogP contribution in [0.25, 0.3) is 5.76 Å². The van der Waals surface area contributed by atoms with Crippen molar-refractivity contribution in [3.05, 3.63) is 64.7 Å². The first-order valence-electron chi connectivity index (χ1n) is 9.61. The summed E-state index contributed by atoms with van der Waals surface area (Å²) in [4.78, 5) is 29.2. The Bertz CT molecular complexity index is 1010. The van der Waals surface area contributed by atoms with Crippen LogP contribution in [0.15, 0.2) is 48.0 Å². The molecule has 30 heavy (non-hydrogen) atoms. The summed E-state index contributed by atoms with van der Waals surface area (Å²) in [5, 5.41) is 21.1. The SMILES string of the molecule is COc1ccc(C)cc1/C(O)=C1\C(=O)C(=O)N(CCN(C)C)C1c1cccc(O)c1. The second kappa shape index (κ2) is 8.59. The predicted octanol–water partition coefficient (Wildman–Crippen LogP) is 2.69. The normalized spacial score (nSPS) is 18.3. The van der Waals surface area contributed by atoms with Crippen LogP contribution < -0.4 is 4.74 Å². The Labute approximate surface area is 175 Å². The molecule has 158 valence electrons. The summed E-state index contributed by atoms with van der Waals surface area (Å²) in [6, 6.07) is 10.8. The number of ether oxygens (including phenoxy) is 1. The number of hydrogen-bond donors (Lipinski definition) is 2. The number of carbonyl (C=O) groups is 2. The first-order valence-corrected chi connectivity index (χ1v) is 9.61. The van der Waals surface area contributed by atoms with Crippen molar-refractivity contribution in [1.82, 2.24) is 9.80 Å². The smallest absolute Gasteiger partial charge is 0.295 e. The van der Waals surface area contributed by atoms with Gasteiger partial charge in [0.15, 0.2) is 0 Å². The first kappa shape index (κ1) is 21.4. The van der Waals surface area contributed by atoms with Gasteiger partial charge in [-0.15, -0.1) is 0 Å². The van der Waals surface area contributed by atoms with Crippen LogP contribution in [0, 0.1) is 6.92 Å². The number of aliphatic hydroxyl groups excluding tert-OH is 1. The van der Waals surface area contributed by atoms with Crippen molar-refractivity contribution in [3.8, 4) is 11.5 Å². The Balaban J connectivity index is 2.22. The first-order chi connectivity index (χ1) is 14.2. The van der Waals surface area contributed by atoms with Gasteiger partial charge in [-0.3, -0.25) is 9.59 Å². The van der Waals surface area contributed by atoms with Gasteiger partial charge in [0.2, 0.25) is 0 Å². The lowest BCUT2D eigenvalue weighted by Gasteiger charge is -2.26. The molecule has 1 aliphatic heterocycles. The van der Waals surface area contributed by atoms with Gasteiger partial charge in [-0.25, -0.2) is 0 Å². The number of likely N-dealkylation sites (tertiary alicyclic amines) is 1. The topological polar surface area (TPSA) is 90.3 Å². The van der Waals surface area contributed by atoms with Gasteiger partial charge in [0, 0.05) is 13.1 Å². The molecule has 0 spiro atoms. The summed E-state index contributed by atoms with van der Waals surface area (Å²) in [6.07, 6.45) is 0. The van der Waals surface area contributed by atoms with E-state index in [9.17, 15) is 19.8 Å². The molecular weight excluding hydrogens is 384 g/mol. The van der Waals surface area contributed by atoms with Crippen molar-refractivity contribution in [2.75, 3.05) is 34.3 Å². The third-order valence-electron chi connectivity index (χ3n) is 5.12. The minimum Gasteiger partial charge on any atom is -0.508 e. The number of aliphatic hydroxyl groups is 1. The zero-order chi connectivity index (χ0) is 22.0. The zero-order valence-corrected chi connectivity index (χ0v) is 17.5. The average molecular weight is 410 g/mol. The number of likely N-dealkylation sites (N-methyl/N-ethyl adjacent to an activating group) is 1. The Hall–Kier alpha value is -3.32. The number of nitrogens with zero attached hydrogens (tertiary/aromatic N) is 2. The summed E-state index contributed by atoms with van der Waals surface area (Å²) < 4.78 is 5.36. The van der Waals surface area contributed by atoms with Crippen LogP contribution >= 0.6 is 0 Å². The van der Waals surface area contributed by atoms with Crippen LogP contribution in [0.2, 0.25) is 0 Å².